The zero-order valence-corrected chi connectivity index (χ0v) is 11.7. The predicted molar refractivity (Wildman–Crippen MR) is 75.1 cm³/mol. The Bertz CT molecular complexity index is 608. The lowest BCUT2D eigenvalue weighted by Crippen LogP contribution is -2.17. The van der Waals surface area contributed by atoms with Gasteiger partial charge in [-0.3, -0.25) is 0 Å². The molecule has 0 saturated heterocycles. The van der Waals surface area contributed by atoms with Gasteiger partial charge in [0.25, 0.3) is 0 Å². The fraction of sp³-hybridized carbons (Fsp3) is 0.200. The number of hydrogen-bond acceptors (Lipinski definition) is 2. The second-order valence-electron chi connectivity index (χ2n) is 4.50. The van der Waals surface area contributed by atoms with Gasteiger partial charge in [-0.05, 0) is 23.8 Å². The fourth-order valence-corrected chi connectivity index (χ4v) is 2.23. The van der Waals surface area contributed by atoms with Crippen molar-refractivity contribution in [2.45, 2.75) is 19.3 Å². The van der Waals surface area contributed by atoms with Crippen molar-refractivity contribution in [3.63, 3.8) is 0 Å². The molecule has 0 spiro atoms. The molecule has 2 nitrogen and oxygen atoms in total. The van der Waals surface area contributed by atoms with Crippen molar-refractivity contribution < 1.29 is 18.3 Å². The summed E-state index contributed by atoms with van der Waals surface area (Å²) in [5.41, 5.74) is -0.0546. The molecule has 2 rings (SSSR count). The number of phenolic OH excluding ortho intramolecular Hbond substituents is 1. The summed E-state index contributed by atoms with van der Waals surface area (Å²) in [5.74, 6) is 0.0131. The Kier molecular flexibility index (Phi) is 4.75. The maximum Gasteiger partial charge on any atom is 0.416 e. The van der Waals surface area contributed by atoms with E-state index in [1.807, 2.05) is 0 Å². The Balaban J connectivity index is 2.08. The van der Waals surface area contributed by atoms with Crippen LogP contribution < -0.4 is 5.32 Å². The van der Waals surface area contributed by atoms with Gasteiger partial charge in [-0.15, -0.1) is 0 Å². The van der Waals surface area contributed by atoms with E-state index in [0.29, 0.717) is 10.6 Å². The van der Waals surface area contributed by atoms with Crippen LogP contribution in [-0.4, -0.2) is 5.11 Å². The highest BCUT2D eigenvalue weighted by atomic mass is 35.5. The van der Waals surface area contributed by atoms with Crippen molar-refractivity contribution in [2.24, 2.45) is 0 Å². The average Bonchev–Trinajstić information content (AvgIpc) is 2.41. The molecule has 21 heavy (non-hydrogen) atoms. The smallest absolute Gasteiger partial charge is 0.416 e. The molecule has 0 unspecified atom stereocenters. The molecule has 0 aromatic heterocycles. The lowest BCUT2D eigenvalue weighted by molar-refractivity contribution is -0.138. The maximum absolute atomic E-state index is 12.8. The Morgan fingerprint density at radius 2 is 1.71 bits per heavy atom. The molecular weight excluding hydrogens is 303 g/mol. The van der Waals surface area contributed by atoms with Gasteiger partial charge in [0.1, 0.15) is 5.75 Å². The molecule has 2 aromatic carbocycles. The highest BCUT2D eigenvalue weighted by molar-refractivity contribution is 6.31. The van der Waals surface area contributed by atoms with E-state index in [1.165, 1.54) is 18.2 Å². The van der Waals surface area contributed by atoms with E-state index < -0.39 is 11.7 Å². The molecule has 112 valence electrons. The molecule has 0 bridgehead atoms. The van der Waals surface area contributed by atoms with Gasteiger partial charge in [-0.1, -0.05) is 35.9 Å². The second kappa shape index (κ2) is 6.37. The van der Waals surface area contributed by atoms with E-state index in [-0.39, 0.29) is 24.4 Å². The van der Waals surface area contributed by atoms with E-state index in [9.17, 15) is 18.3 Å². The summed E-state index contributed by atoms with van der Waals surface area (Å²) >= 11 is 5.94. The second-order valence-corrected chi connectivity index (χ2v) is 4.90. The fourth-order valence-electron chi connectivity index (χ4n) is 2.00. The number of halogens is 4. The number of alkyl halides is 3. The molecule has 0 aliphatic rings. The third-order valence-electron chi connectivity index (χ3n) is 3.03. The lowest BCUT2D eigenvalue weighted by Gasteiger charge is -2.14. The van der Waals surface area contributed by atoms with Crippen molar-refractivity contribution >= 4 is 11.6 Å². The van der Waals surface area contributed by atoms with E-state index >= 15 is 0 Å². The number of nitrogens with one attached hydrogen (secondary N) is 1. The first-order valence-electron chi connectivity index (χ1n) is 6.22. The number of benzene rings is 2. The van der Waals surface area contributed by atoms with Crippen molar-refractivity contribution in [3.05, 3.63) is 64.2 Å². The van der Waals surface area contributed by atoms with Gasteiger partial charge < -0.3 is 10.4 Å². The Morgan fingerprint density at radius 3 is 2.38 bits per heavy atom. The third kappa shape index (κ3) is 3.89. The highest BCUT2D eigenvalue weighted by Gasteiger charge is 2.32. The minimum absolute atomic E-state index is 0.0131. The molecule has 0 radical (unpaired) electrons. The molecular formula is C15H13ClF3NO. The van der Waals surface area contributed by atoms with E-state index in [4.69, 9.17) is 11.6 Å². The summed E-state index contributed by atoms with van der Waals surface area (Å²) in [4.78, 5) is 0. The van der Waals surface area contributed by atoms with E-state index in [2.05, 4.69) is 5.32 Å². The summed E-state index contributed by atoms with van der Waals surface area (Å²) in [6.07, 6.45) is -4.38. The van der Waals surface area contributed by atoms with Crippen LogP contribution >= 0.6 is 11.6 Å². The standard InChI is InChI=1S/C15H13ClF3NO/c16-13-6-3-7-14(21)11(13)9-20-8-10-4-1-2-5-12(10)15(17,18)19/h1-7,20-21H,8-9H2. The highest BCUT2D eigenvalue weighted by Crippen LogP contribution is 2.32. The zero-order valence-electron chi connectivity index (χ0n) is 10.9. The van der Waals surface area contributed by atoms with Crippen LogP contribution in [0.2, 0.25) is 5.02 Å². The van der Waals surface area contributed by atoms with Gasteiger partial charge >= 0.3 is 6.18 Å². The quantitative estimate of drug-likeness (QED) is 0.879. The molecule has 0 saturated carbocycles. The molecule has 2 aromatic rings. The zero-order chi connectivity index (χ0) is 15.5. The van der Waals surface area contributed by atoms with Crippen LogP contribution in [0.5, 0.6) is 5.75 Å². The number of phenols is 1. The number of rotatable bonds is 4. The minimum atomic E-state index is -4.38. The molecule has 0 fully saturated rings. The van der Waals surface area contributed by atoms with Gasteiger partial charge in [-0.2, -0.15) is 13.2 Å². The van der Waals surface area contributed by atoms with Crippen LogP contribution in [0.15, 0.2) is 42.5 Å². The van der Waals surface area contributed by atoms with Crippen molar-refractivity contribution in [1.29, 1.82) is 0 Å². The Morgan fingerprint density at radius 1 is 1.00 bits per heavy atom. The van der Waals surface area contributed by atoms with E-state index in [0.717, 1.165) is 6.07 Å². The summed E-state index contributed by atoms with van der Waals surface area (Å²) < 4.78 is 38.5. The first-order valence-corrected chi connectivity index (χ1v) is 6.59. The summed E-state index contributed by atoms with van der Waals surface area (Å²) in [6, 6.07) is 10.1. The van der Waals surface area contributed by atoms with Gasteiger partial charge in [0.2, 0.25) is 0 Å². The normalized spacial score (nSPS) is 11.6. The molecule has 0 heterocycles. The van der Waals surface area contributed by atoms with Crippen molar-refractivity contribution in [3.8, 4) is 5.75 Å². The van der Waals surface area contributed by atoms with Crippen LogP contribution in [0.3, 0.4) is 0 Å². The van der Waals surface area contributed by atoms with Crippen LogP contribution in [0.25, 0.3) is 0 Å². The van der Waals surface area contributed by atoms with Crippen LogP contribution in [0.1, 0.15) is 16.7 Å². The molecule has 0 aliphatic carbocycles. The molecule has 0 aliphatic heterocycles. The Labute approximate surface area is 125 Å². The summed E-state index contributed by atoms with van der Waals surface area (Å²) in [5, 5.41) is 12.9. The Hall–Kier alpha value is -1.72. The summed E-state index contributed by atoms with van der Waals surface area (Å²) in [7, 11) is 0. The predicted octanol–water partition coefficient (Wildman–Crippen LogP) is 4.35. The van der Waals surface area contributed by atoms with Crippen LogP contribution in [-0.2, 0) is 19.3 Å². The van der Waals surface area contributed by atoms with Crippen LogP contribution in [0, 0.1) is 0 Å². The van der Waals surface area contributed by atoms with Crippen LogP contribution in [0.4, 0.5) is 13.2 Å². The van der Waals surface area contributed by atoms with Crippen molar-refractivity contribution in [1.82, 2.24) is 5.32 Å². The molecule has 6 heteroatoms. The molecule has 0 atom stereocenters. The summed E-state index contributed by atoms with van der Waals surface area (Å²) in [6.45, 7) is 0.206. The van der Waals surface area contributed by atoms with Crippen molar-refractivity contribution in [2.75, 3.05) is 0 Å². The van der Waals surface area contributed by atoms with Gasteiger partial charge in [-0.25, -0.2) is 0 Å². The topological polar surface area (TPSA) is 32.3 Å². The van der Waals surface area contributed by atoms with Gasteiger partial charge in [0, 0.05) is 23.7 Å². The first kappa shape index (κ1) is 15.7. The number of aromatic hydroxyl groups is 1. The minimum Gasteiger partial charge on any atom is -0.508 e. The molecule has 0 amide bonds. The molecule has 2 N–H and O–H groups in total. The number of hydrogen-bond donors (Lipinski definition) is 2. The SMILES string of the molecule is Oc1cccc(Cl)c1CNCc1ccccc1C(F)(F)F. The van der Waals surface area contributed by atoms with Gasteiger partial charge in [0.15, 0.2) is 0 Å². The maximum atomic E-state index is 12.8. The lowest BCUT2D eigenvalue weighted by atomic mass is 10.1. The third-order valence-corrected chi connectivity index (χ3v) is 3.39. The largest absolute Gasteiger partial charge is 0.508 e. The monoisotopic (exact) mass is 315 g/mol. The van der Waals surface area contributed by atoms with E-state index in [1.54, 1.807) is 18.2 Å². The average molecular weight is 316 g/mol. The van der Waals surface area contributed by atoms with Gasteiger partial charge in [0.05, 0.1) is 5.56 Å². The first-order chi connectivity index (χ1) is 9.89.